The number of fused-ring (bicyclic) bond motifs is 8. The molecule has 0 aromatic heterocycles. The topological polar surface area (TPSA) is 133 Å². The summed E-state index contributed by atoms with van der Waals surface area (Å²) in [5.41, 5.74) is 13.3. The molecule has 2 atom stereocenters. The Bertz CT molecular complexity index is 3240. The van der Waals surface area contributed by atoms with Crippen molar-refractivity contribution >= 4 is 114 Å². The molecule has 6 aromatic rings. The quantitative estimate of drug-likeness (QED) is 0.0663. The Morgan fingerprint density at radius 2 is 1.00 bits per heavy atom. The van der Waals surface area contributed by atoms with E-state index in [1.54, 1.807) is 34.8 Å². The minimum atomic E-state index is -0.149. The van der Waals surface area contributed by atoms with Gasteiger partial charge in [0.25, 0.3) is 11.8 Å². The second-order valence-corrected chi connectivity index (χ2v) is 29.3. The maximum Gasteiger partial charge on any atom is 0.261 e. The fraction of sp³-hybridized carbons (Fsp3) is 0.355. The molecule has 0 radical (unpaired) electrons. The van der Waals surface area contributed by atoms with Crippen LogP contribution in [0.3, 0.4) is 0 Å². The van der Waals surface area contributed by atoms with Crippen LogP contribution in [0.25, 0.3) is 0 Å². The number of nitrogens with zero attached hydrogens (tertiary/aromatic N) is 4. The summed E-state index contributed by atoms with van der Waals surface area (Å²) in [6.07, 6.45) is 9.46. The number of ether oxygens (including phenoxy) is 3. The van der Waals surface area contributed by atoms with Crippen molar-refractivity contribution in [3.8, 4) is 17.2 Å². The number of para-hydroxylation sites is 2. The SMILES string of the molecule is COc1cc2c(cc1OCc1cc(COc3cc4c(cc3C)C(=O)N3c5ccccc5C[C@H]3C=N4)cc(CSCC(C)(C)SSC)c1)N=C[C@@H]1Cc3ccccc3N1C2=O.CSSC(C)(C)CSCc1cc(CO)cc(CO)c1. The number of amides is 2. The van der Waals surface area contributed by atoms with E-state index in [9.17, 15) is 19.8 Å². The summed E-state index contributed by atoms with van der Waals surface area (Å²) in [6.45, 7) is 11.7. The molecular formula is C62H68N4O7S6. The summed E-state index contributed by atoms with van der Waals surface area (Å²) in [4.78, 5) is 41.2. The van der Waals surface area contributed by atoms with E-state index in [0.717, 1.165) is 86.2 Å². The van der Waals surface area contributed by atoms with Gasteiger partial charge in [0.05, 0.1) is 54.9 Å². The number of methoxy groups -OCH3 is 1. The Morgan fingerprint density at radius 3 is 1.48 bits per heavy atom. The lowest BCUT2D eigenvalue weighted by Gasteiger charge is -2.22. The molecule has 6 aromatic carbocycles. The van der Waals surface area contributed by atoms with Crippen molar-refractivity contribution in [1.82, 2.24) is 0 Å². The predicted octanol–water partition coefficient (Wildman–Crippen LogP) is 14.5. The van der Waals surface area contributed by atoms with Crippen molar-refractivity contribution in [3.05, 3.63) is 170 Å². The number of rotatable bonds is 21. The normalized spacial score (nSPS) is 16.0. The maximum absolute atomic E-state index is 14.0. The Kier molecular flexibility index (Phi) is 19.5. The lowest BCUT2D eigenvalue weighted by molar-refractivity contribution is 0.0979. The van der Waals surface area contributed by atoms with Crippen LogP contribution in [-0.4, -0.2) is 87.2 Å². The average Bonchev–Trinajstić information content (AvgIpc) is 4.09. The van der Waals surface area contributed by atoms with Gasteiger partial charge in [0, 0.05) is 81.3 Å². The molecule has 11 nitrogen and oxygen atoms in total. The first-order valence-corrected chi connectivity index (χ1v) is 33.6. The van der Waals surface area contributed by atoms with Gasteiger partial charge in [-0.2, -0.15) is 23.5 Å². The third kappa shape index (κ3) is 14.2. The fourth-order valence-corrected chi connectivity index (χ4v) is 17.6. The van der Waals surface area contributed by atoms with Gasteiger partial charge in [0.15, 0.2) is 11.5 Å². The van der Waals surface area contributed by atoms with Gasteiger partial charge in [-0.25, -0.2) is 0 Å². The van der Waals surface area contributed by atoms with E-state index in [0.29, 0.717) is 46.4 Å². The first-order valence-electron chi connectivity index (χ1n) is 26.2. The van der Waals surface area contributed by atoms with Gasteiger partial charge in [-0.05, 0) is 128 Å². The van der Waals surface area contributed by atoms with E-state index in [1.807, 2.05) is 147 Å². The highest BCUT2D eigenvalue weighted by molar-refractivity contribution is 8.77. The number of carbonyl (C=O) groups is 2. The zero-order valence-corrected chi connectivity index (χ0v) is 50.8. The Balaban J connectivity index is 0.000000339. The van der Waals surface area contributed by atoms with Crippen LogP contribution < -0.4 is 24.0 Å². The van der Waals surface area contributed by atoms with E-state index in [-0.39, 0.29) is 53.2 Å². The molecule has 0 saturated heterocycles. The Hall–Kier alpha value is -4.98. The molecule has 4 heterocycles. The van der Waals surface area contributed by atoms with E-state index in [4.69, 9.17) is 24.2 Å². The lowest BCUT2D eigenvalue weighted by Crippen LogP contribution is -2.37. The van der Waals surface area contributed by atoms with Crippen LogP contribution in [0.2, 0.25) is 0 Å². The molecule has 414 valence electrons. The number of aryl methyl sites for hydroxylation is 1. The molecule has 2 amide bonds. The van der Waals surface area contributed by atoms with Crippen LogP contribution in [0.5, 0.6) is 17.2 Å². The first-order chi connectivity index (χ1) is 38.1. The molecule has 4 aliphatic rings. The zero-order chi connectivity index (χ0) is 55.8. The monoisotopic (exact) mass is 1170 g/mol. The van der Waals surface area contributed by atoms with Gasteiger partial charge in [-0.3, -0.25) is 29.4 Å². The molecule has 17 heteroatoms. The first kappa shape index (κ1) is 58.7. The van der Waals surface area contributed by atoms with Gasteiger partial charge in [-0.15, -0.1) is 0 Å². The number of aliphatic hydroxyl groups excluding tert-OH is 2. The average molecular weight is 1170 g/mol. The number of benzene rings is 6. The molecule has 2 N–H and O–H groups in total. The van der Waals surface area contributed by atoms with Crippen molar-refractivity contribution in [2.75, 3.05) is 40.9 Å². The van der Waals surface area contributed by atoms with Gasteiger partial charge in [0.2, 0.25) is 0 Å². The van der Waals surface area contributed by atoms with E-state index >= 15 is 0 Å². The van der Waals surface area contributed by atoms with E-state index in [1.165, 1.54) is 11.1 Å². The fourth-order valence-electron chi connectivity index (χ4n) is 10.2. The molecule has 0 bridgehead atoms. The van der Waals surface area contributed by atoms with Crippen molar-refractivity contribution in [3.63, 3.8) is 0 Å². The summed E-state index contributed by atoms with van der Waals surface area (Å²) in [5.74, 6) is 5.33. The number of carbonyl (C=O) groups excluding carboxylic acids is 2. The summed E-state index contributed by atoms with van der Waals surface area (Å²) in [6, 6.07) is 35.6. The number of aliphatic hydroxyl groups is 2. The van der Waals surface area contributed by atoms with Crippen LogP contribution in [0.4, 0.5) is 22.7 Å². The Morgan fingerprint density at radius 1 is 0.570 bits per heavy atom. The van der Waals surface area contributed by atoms with Crippen LogP contribution in [0, 0.1) is 6.92 Å². The van der Waals surface area contributed by atoms with Crippen molar-refractivity contribution in [1.29, 1.82) is 0 Å². The second kappa shape index (κ2) is 26.3. The molecule has 0 spiro atoms. The molecule has 10 rings (SSSR count). The minimum absolute atomic E-state index is 0.0271. The van der Waals surface area contributed by atoms with Crippen molar-refractivity contribution < 1.29 is 34.0 Å². The van der Waals surface area contributed by atoms with Crippen molar-refractivity contribution in [2.24, 2.45) is 9.98 Å². The summed E-state index contributed by atoms with van der Waals surface area (Å²) in [5, 5.41) is 18.4. The molecule has 79 heavy (non-hydrogen) atoms. The van der Waals surface area contributed by atoms with E-state index < -0.39 is 0 Å². The number of hydrogen-bond acceptors (Lipinski definition) is 15. The summed E-state index contributed by atoms with van der Waals surface area (Å²) in [7, 11) is 8.98. The molecule has 4 aliphatic heterocycles. The molecule has 0 aliphatic carbocycles. The van der Waals surface area contributed by atoms with Crippen LogP contribution in [0.1, 0.15) is 98.5 Å². The standard InChI is InChI=1S/C48H46N4O5S3.C14H22O2S3/c1-29-14-37-39(49-23-35-18-33-10-6-8-12-41(33)51(35)46(37)53)21-43(29)56-25-30-15-31(17-32(16-30)27-59-28-48(2,3)60-58-5)26-57-45-22-40-38(20-44(45)55-4)47(54)52-36(24-50-40)19-34-11-7-9-13-42(34)52;1-14(2,19-17-3)10-18-9-13-5-11(7-15)4-12(6-13)8-16/h6-17,20-24,35-36H,18-19,25-28H2,1-5H3;4-6,15-16H,7-10H2,1-3H3/t35-,36-;/m0./s1. The van der Waals surface area contributed by atoms with E-state index in [2.05, 4.69) is 70.5 Å². The lowest BCUT2D eigenvalue weighted by atomic mass is 10.1. The Labute approximate surface area is 489 Å². The predicted molar refractivity (Wildman–Crippen MR) is 338 cm³/mol. The number of anilines is 2. The highest BCUT2D eigenvalue weighted by atomic mass is 33.1. The van der Waals surface area contributed by atoms with Gasteiger partial charge < -0.3 is 24.4 Å². The summed E-state index contributed by atoms with van der Waals surface area (Å²) < 4.78 is 19.2. The van der Waals surface area contributed by atoms with Gasteiger partial charge in [-0.1, -0.05) is 110 Å². The minimum Gasteiger partial charge on any atom is -0.493 e. The molecule has 0 saturated carbocycles. The van der Waals surface area contributed by atoms with Crippen LogP contribution in [-0.2, 0) is 50.8 Å². The second-order valence-electron chi connectivity index (χ2n) is 21.1. The third-order valence-corrected chi connectivity index (χ3v) is 22.2. The van der Waals surface area contributed by atoms with Crippen LogP contribution in [0.15, 0.2) is 119 Å². The maximum atomic E-state index is 14.0. The number of thioether (sulfide) groups is 2. The van der Waals surface area contributed by atoms with Gasteiger partial charge in [0.1, 0.15) is 19.0 Å². The third-order valence-electron chi connectivity index (χ3n) is 13.7. The number of aliphatic imine (C=N–C) groups is 2. The zero-order valence-electron chi connectivity index (χ0n) is 45.9. The van der Waals surface area contributed by atoms with Crippen molar-refractivity contribution in [2.45, 2.75) is 107 Å². The largest absolute Gasteiger partial charge is 0.493 e. The molecular weight excluding hydrogens is 1110 g/mol. The van der Waals surface area contributed by atoms with Crippen LogP contribution >= 0.6 is 66.7 Å². The summed E-state index contributed by atoms with van der Waals surface area (Å²) >= 11 is 3.80. The smallest absolute Gasteiger partial charge is 0.261 e. The molecule has 0 unspecified atom stereocenters. The van der Waals surface area contributed by atoms with Gasteiger partial charge >= 0.3 is 0 Å². The molecule has 0 fully saturated rings. The highest BCUT2D eigenvalue weighted by Gasteiger charge is 2.38. The highest BCUT2D eigenvalue weighted by Crippen LogP contribution is 2.43. The number of hydrogen-bond donors (Lipinski definition) is 2.